The number of benzene rings is 1. The molecular weight excluding hydrogens is 380 g/mol. The summed E-state index contributed by atoms with van der Waals surface area (Å²) in [5, 5.41) is -1.10. The minimum absolute atomic E-state index is 0.143. The van der Waals surface area contributed by atoms with Crippen LogP contribution in [0.3, 0.4) is 0 Å². The monoisotopic (exact) mass is 379 g/mol. The van der Waals surface area contributed by atoms with Gasteiger partial charge in [-0.3, -0.25) is 0 Å². The van der Waals surface area contributed by atoms with Crippen molar-refractivity contribution in [3.05, 3.63) is 48.8 Å². The number of hydrogen-bond acceptors (Lipinski definition) is 1. The van der Waals surface area contributed by atoms with Gasteiger partial charge in [0.2, 0.25) is 5.95 Å². The predicted octanol–water partition coefficient (Wildman–Crippen LogP) is 6.43. The van der Waals surface area contributed by atoms with Gasteiger partial charge in [-0.1, -0.05) is 58.0 Å². The fourth-order valence-electron chi connectivity index (χ4n) is 1.43. The van der Waals surface area contributed by atoms with Crippen molar-refractivity contribution in [1.29, 1.82) is 0 Å². The molecule has 0 saturated carbocycles. The molecule has 0 atom stereocenters. The fraction of sp³-hybridized carbons (Fsp3) is 0. The van der Waals surface area contributed by atoms with Crippen LogP contribution in [-0.2, 0) is 0 Å². The minimum atomic E-state index is -1.52. The SMILES string of the molecule is Fc1cc(F)c(-c2c(Cl)c(Cl)c(Cl)c(Cl)c2Cl)nc1F. The molecule has 1 aromatic heterocycles. The van der Waals surface area contributed by atoms with Gasteiger partial charge in [-0.2, -0.15) is 4.39 Å². The molecule has 1 heterocycles. The Kier molecular flexibility index (Phi) is 4.62. The van der Waals surface area contributed by atoms with Gasteiger partial charge in [-0.05, 0) is 0 Å². The second kappa shape index (κ2) is 5.78. The van der Waals surface area contributed by atoms with E-state index in [-0.39, 0.29) is 30.7 Å². The van der Waals surface area contributed by atoms with Gasteiger partial charge in [0, 0.05) is 11.6 Å². The summed E-state index contributed by atoms with van der Waals surface area (Å²) in [7, 11) is 0. The summed E-state index contributed by atoms with van der Waals surface area (Å²) < 4.78 is 39.8. The lowest BCUT2D eigenvalue weighted by Gasteiger charge is -2.12. The first-order chi connectivity index (χ1) is 9.25. The molecule has 0 unspecified atom stereocenters. The Morgan fingerprint density at radius 1 is 0.700 bits per heavy atom. The van der Waals surface area contributed by atoms with E-state index >= 15 is 0 Å². The highest BCUT2D eigenvalue weighted by atomic mass is 35.5. The van der Waals surface area contributed by atoms with E-state index in [1.54, 1.807) is 0 Å². The molecule has 9 heteroatoms. The van der Waals surface area contributed by atoms with Crippen molar-refractivity contribution in [2.45, 2.75) is 0 Å². The molecule has 0 aliphatic carbocycles. The average Bonchev–Trinajstić information content (AvgIpc) is 2.40. The van der Waals surface area contributed by atoms with Crippen LogP contribution in [0.5, 0.6) is 0 Å². The Balaban J connectivity index is 2.87. The Labute approximate surface area is 136 Å². The van der Waals surface area contributed by atoms with Crippen molar-refractivity contribution >= 4 is 58.0 Å². The lowest BCUT2D eigenvalue weighted by Crippen LogP contribution is -1.99. The average molecular weight is 381 g/mol. The highest BCUT2D eigenvalue weighted by Crippen LogP contribution is 2.48. The van der Waals surface area contributed by atoms with Crippen LogP contribution < -0.4 is 0 Å². The molecule has 0 N–H and O–H groups in total. The van der Waals surface area contributed by atoms with Crippen molar-refractivity contribution in [3.63, 3.8) is 0 Å². The first kappa shape index (κ1) is 16.0. The molecular formula is C11HCl5F3N. The van der Waals surface area contributed by atoms with E-state index in [1.165, 1.54) is 0 Å². The second-order valence-corrected chi connectivity index (χ2v) is 5.43. The van der Waals surface area contributed by atoms with Crippen LogP contribution in [0.2, 0.25) is 25.1 Å². The summed E-state index contributed by atoms with van der Waals surface area (Å²) in [5.74, 6) is -4.15. The van der Waals surface area contributed by atoms with Crippen LogP contribution in [0.15, 0.2) is 6.07 Å². The van der Waals surface area contributed by atoms with E-state index in [0.717, 1.165) is 0 Å². The van der Waals surface area contributed by atoms with Crippen molar-refractivity contribution < 1.29 is 13.2 Å². The summed E-state index contributed by atoms with van der Waals surface area (Å²) in [6.07, 6.45) is 0. The van der Waals surface area contributed by atoms with Gasteiger partial charge in [-0.25, -0.2) is 13.8 Å². The Morgan fingerprint density at radius 3 is 1.65 bits per heavy atom. The molecule has 0 spiro atoms. The largest absolute Gasteiger partial charge is 0.249 e. The number of pyridine rings is 1. The third-order valence-electron chi connectivity index (χ3n) is 2.33. The highest BCUT2D eigenvalue weighted by molar-refractivity contribution is 6.56. The lowest BCUT2D eigenvalue weighted by molar-refractivity contribution is 0.466. The summed E-state index contributed by atoms with van der Waals surface area (Å²) in [4.78, 5) is 3.13. The minimum Gasteiger partial charge on any atom is -0.214 e. The van der Waals surface area contributed by atoms with E-state index in [0.29, 0.717) is 6.07 Å². The van der Waals surface area contributed by atoms with Crippen molar-refractivity contribution in [3.8, 4) is 11.3 Å². The van der Waals surface area contributed by atoms with E-state index in [9.17, 15) is 13.2 Å². The van der Waals surface area contributed by atoms with Crippen LogP contribution in [0.4, 0.5) is 13.2 Å². The molecule has 0 saturated heterocycles. The fourth-order valence-corrected chi connectivity index (χ4v) is 2.75. The van der Waals surface area contributed by atoms with Crippen molar-refractivity contribution in [2.75, 3.05) is 0 Å². The third-order valence-corrected chi connectivity index (χ3v) is 4.61. The van der Waals surface area contributed by atoms with Gasteiger partial charge in [-0.15, -0.1) is 0 Å². The van der Waals surface area contributed by atoms with Crippen LogP contribution in [0.1, 0.15) is 0 Å². The maximum Gasteiger partial charge on any atom is 0.249 e. The number of halogens is 8. The van der Waals surface area contributed by atoms with Gasteiger partial charge in [0.15, 0.2) is 11.6 Å². The molecule has 2 rings (SSSR count). The maximum absolute atomic E-state index is 13.7. The van der Waals surface area contributed by atoms with Gasteiger partial charge >= 0.3 is 0 Å². The quantitative estimate of drug-likeness (QED) is 0.315. The van der Waals surface area contributed by atoms with Crippen molar-refractivity contribution in [2.24, 2.45) is 0 Å². The molecule has 2 aromatic rings. The molecule has 106 valence electrons. The first-order valence-electron chi connectivity index (χ1n) is 4.79. The van der Waals surface area contributed by atoms with Crippen LogP contribution in [0, 0.1) is 17.6 Å². The molecule has 20 heavy (non-hydrogen) atoms. The smallest absolute Gasteiger partial charge is 0.214 e. The van der Waals surface area contributed by atoms with Crippen molar-refractivity contribution in [1.82, 2.24) is 4.98 Å². The molecule has 0 amide bonds. The Hall–Kier alpha value is -0.390. The number of nitrogens with zero attached hydrogens (tertiary/aromatic N) is 1. The number of rotatable bonds is 1. The van der Waals surface area contributed by atoms with E-state index < -0.39 is 23.3 Å². The molecule has 1 aromatic carbocycles. The molecule has 0 aliphatic rings. The van der Waals surface area contributed by atoms with E-state index in [4.69, 9.17) is 58.0 Å². The van der Waals surface area contributed by atoms with Gasteiger partial charge in [0.25, 0.3) is 0 Å². The molecule has 0 fully saturated rings. The molecule has 0 aliphatic heterocycles. The maximum atomic E-state index is 13.7. The predicted molar refractivity (Wildman–Crippen MR) is 74.6 cm³/mol. The van der Waals surface area contributed by atoms with Crippen LogP contribution in [-0.4, -0.2) is 4.98 Å². The summed E-state index contributed by atoms with van der Waals surface area (Å²) >= 11 is 29.2. The van der Waals surface area contributed by atoms with Gasteiger partial charge < -0.3 is 0 Å². The topological polar surface area (TPSA) is 12.9 Å². The lowest BCUT2D eigenvalue weighted by atomic mass is 10.1. The molecule has 0 radical (unpaired) electrons. The zero-order valence-electron chi connectivity index (χ0n) is 9.05. The third kappa shape index (κ3) is 2.55. The summed E-state index contributed by atoms with van der Waals surface area (Å²) in [5.41, 5.74) is -0.900. The molecule has 0 bridgehead atoms. The van der Waals surface area contributed by atoms with Gasteiger partial charge in [0.1, 0.15) is 5.69 Å². The summed E-state index contributed by atoms with van der Waals surface area (Å²) in [6, 6.07) is 0.306. The Morgan fingerprint density at radius 2 is 1.15 bits per heavy atom. The number of aromatic nitrogens is 1. The normalized spacial score (nSPS) is 11.0. The Bertz CT molecular complexity index is 691. The van der Waals surface area contributed by atoms with E-state index in [1.807, 2.05) is 0 Å². The highest BCUT2D eigenvalue weighted by Gasteiger charge is 2.24. The molecule has 1 nitrogen and oxygen atoms in total. The van der Waals surface area contributed by atoms with E-state index in [2.05, 4.69) is 4.98 Å². The second-order valence-electron chi connectivity index (χ2n) is 3.54. The van der Waals surface area contributed by atoms with Crippen LogP contribution in [0.25, 0.3) is 11.3 Å². The standard InChI is InChI=1S/C11HCl5F3N/c12-5-4(6(13)8(15)9(16)7(5)14)10-2(17)1-3(18)11(19)20-10/h1H. The first-order valence-corrected chi connectivity index (χ1v) is 6.68. The zero-order chi connectivity index (χ0) is 15.2. The van der Waals surface area contributed by atoms with Gasteiger partial charge in [0.05, 0.1) is 25.1 Å². The number of hydrogen-bond donors (Lipinski definition) is 0. The van der Waals surface area contributed by atoms with Crippen LogP contribution >= 0.6 is 58.0 Å². The zero-order valence-corrected chi connectivity index (χ0v) is 12.8. The summed E-state index contributed by atoms with van der Waals surface area (Å²) in [6.45, 7) is 0.